The van der Waals surface area contributed by atoms with E-state index in [4.69, 9.17) is 0 Å². The molecule has 0 heterocycles. The summed E-state index contributed by atoms with van der Waals surface area (Å²) >= 11 is 3.54. The number of sulfonamides is 1. The predicted molar refractivity (Wildman–Crippen MR) is 87.3 cm³/mol. The van der Waals surface area contributed by atoms with Crippen LogP contribution in [-0.2, 0) is 10.0 Å². The number of halogens is 1. The average Bonchev–Trinajstić information content (AvgIpc) is 2.37. The summed E-state index contributed by atoms with van der Waals surface area (Å²) in [5, 5.41) is 3.42. The first kappa shape index (κ1) is 17.6. The Bertz CT molecular complexity index is 520. The maximum atomic E-state index is 11.5. The minimum Gasteiger partial charge on any atom is -0.310 e. The smallest absolute Gasteiger partial charge is 0.211 e. The molecule has 0 aliphatic carbocycles. The van der Waals surface area contributed by atoms with Crippen molar-refractivity contribution in [3.05, 3.63) is 34.3 Å². The van der Waals surface area contributed by atoms with Crippen LogP contribution in [0, 0.1) is 0 Å². The summed E-state index contributed by atoms with van der Waals surface area (Å²) in [5.41, 5.74) is 1.21. The Morgan fingerprint density at radius 2 is 2.00 bits per heavy atom. The first-order valence-corrected chi connectivity index (χ1v) is 9.43. The standard InChI is InChI=1S/C14H23BrN2O2S/c1-4-17(20(3,18)19)11-7-10-16-12(2)13-8-5-6-9-14(13)15/h5-6,8-9,12,16H,4,7,10-11H2,1-3H3. The Balaban J connectivity index is 2.40. The van der Waals surface area contributed by atoms with Crippen LogP contribution in [0.25, 0.3) is 0 Å². The summed E-state index contributed by atoms with van der Waals surface area (Å²) < 4.78 is 25.5. The van der Waals surface area contributed by atoms with Crippen LogP contribution in [-0.4, -0.2) is 38.6 Å². The lowest BCUT2D eigenvalue weighted by molar-refractivity contribution is 0.413. The van der Waals surface area contributed by atoms with Crippen molar-refractivity contribution in [2.24, 2.45) is 0 Å². The minimum atomic E-state index is -3.08. The molecule has 0 spiro atoms. The highest BCUT2D eigenvalue weighted by Crippen LogP contribution is 2.22. The van der Waals surface area contributed by atoms with E-state index in [0.29, 0.717) is 13.1 Å². The van der Waals surface area contributed by atoms with Gasteiger partial charge in [0.15, 0.2) is 0 Å². The maximum Gasteiger partial charge on any atom is 0.211 e. The van der Waals surface area contributed by atoms with Gasteiger partial charge in [-0.2, -0.15) is 0 Å². The van der Waals surface area contributed by atoms with Gasteiger partial charge in [-0.1, -0.05) is 41.1 Å². The molecule has 0 aliphatic rings. The van der Waals surface area contributed by atoms with E-state index in [9.17, 15) is 8.42 Å². The Morgan fingerprint density at radius 3 is 2.55 bits per heavy atom. The monoisotopic (exact) mass is 362 g/mol. The molecule has 1 atom stereocenters. The van der Waals surface area contributed by atoms with Gasteiger partial charge >= 0.3 is 0 Å². The lowest BCUT2D eigenvalue weighted by atomic mass is 10.1. The van der Waals surface area contributed by atoms with Crippen molar-refractivity contribution in [1.82, 2.24) is 9.62 Å². The maximum absolute atomic E-state index is 11.5. The van der Waals surface area contributed by atoms with E-state index in [1.54, 1.807) is 0 Å². The summed E-state index contributed by atoms with van der Waals surface area (Å²) in [7, 11) is -3.08. The number of benzene rings is 1. The van der Waals surface area contributed by atoms with Crippen LogP contribution in [0.1, 0.15) is 31.9 Å². The van der Waals surface area contributed by atoms with Gasteiger partial charge < -0.3 is 5.32 Å². The van der Waals surface area contributed by atoms with E-state index in [2.05, 4.69) is 34.2 Å². The van der Waals surface area contributed by atoms with Crippen molar-refractivity contribution < 1.29 is 8.42 Å². The van der Waals surface area contributed by atoms with E-state index >= 15 is 0 Å². The minimum absolute atomic E-state index is 0.235. The average molecular weight is 363 g/mol. The van der Waals surface area contributed by atoms with E-state index in [1.165, 1.54) is 16.1 Å². The molecule has 114 valence electrons. The predicted octanol–water partition coefficient (Wildman–Crippen LogP) is 2.77. The molecule has 4 nitrogen and oxygen atoms in total. The molecule has 0 aliphatic heterocycles. The zero-order valence-electron chi connectivity index (χ0n) is 12.3. The van der Waals surface area contributed by atoms with Crippen molar-refractivity contribution in [3.63, 3.8) is 0 Å². The lowest BCUT2D eigenvalue weighted by Crippen LogP contribution is -2.32. The number of nitrogens with zero attached hydrogens (tertiary/aromatic N) is 1. The van der Waals surface area contributed by atoms with Gasteiger partial charge in [0.05, 0.1) is 6.26 Å². The normalized spacial score (nSPS) is 13.7. The van der Waals surface area contributed by atoms with Crippen LogP contribution < -0.4 is 5.32 Å². The molecule has 0 radical (unpaired) electrons. The van der Waals surface area contributed by atoms with E-state index in [0.717, 1.165) is 17.4 Å². The Labute approximate surface area is 130 Å². The highest BCUT2D eigenvalue weighted by atomic mass is 79.9. The van der Waals surface area contributed by atoms with Crippen molar-refractivity contribution >= 4 is 26.0 Å². The molecule has 1 aromatic carbocycles. The zero-order chi connectivity index (χ0) is 15.2. The number of hydrogen-bond donors (Lipinski definition) is 1. The summed E-state index contributed by atoms with van der Waals surface area (Å²) in [4.78, 5) is 0. The molecule has 0 fully saturated rings. The molecule has 0 saturated heterocycles. The van der Waals surface area contributed by atoms with Crippen LogP contribution in [0.5, 0.6) is 0 Å². The highest BCUT2D eigenvalue weighted by molar-refractivity contribution is 9.10. The van der Waals surface area contributed by atoms with Crippen molar-refractivity contribution in [2.75, 3.05) is 25.9 Å². The molecule has 1 rings (SSSR count). The lowest BCUT2D eigenvalue weighted by Gasteiger charge is -2.19. The van der Waals surface area contributed by atoms with Gasteiger partial charge in [0.2, 0.25) is 10.0 Å². The largest absolute Gasteiger partial charge is 0.310 e. The molecule has 0 aromatic heterocycles. The van der Waals surface area contributed by atoms with Crippen LogP contribution >= 0.6 is 15.9 Å². The molecular formula is C14H23BrN2O2S. The molecule has 0 saturated carbocycles. The summed E-state index contributed by atoms with van der Waals surface area (Å²) in [5.74, 6) is 0. The van der Waals surface area contributed by atoms with Gasteiger partial charge in [-0.05, 0) is 31.5 Å². The van der Waals surface area contributed by atoms with Crippen molar-refractivity contribution in [2.45, 2.75) is 26.3 Å². The molecule has 1 N–H and O–H groups in total. The van der Waals surface area contributed by atoms with Gasteiger partial charge in [0, 0.05) is 23.6 Å². The SMILES string of the molecule is CCN(CCCNC(C)c1ccccc1Br)S(C)(=O)=O. The van der Waals surface area contributed by atoms with Crippen molar-refractivity contribution in [1.29, 1.82) is 0 Å². The second-order valence-electron chi connectivity index (χ2n) is 4.81. The van der Waals surface area contributed by atoms with E-state index in [1.807, 2.05) is 25.1 Å². The first-order chi connectivity index (χ1) is 9.36. The second-order valence-corrected chi connectivity index (χ2v) is 7.64. The molecule has 0 bridgehead atoms. The fourth-order valence-electron chi connectivity index (χ4n) is 2.07. The zero-order valence-corrected chi connectivity index (χ0v) is 14.7. The molecule has 20 heavy (non-hydrogen) atoms. The van der Waals surface area contributed by atoms with Gasteiger partial charge in [-0.25, -0.2) is 12.7 Å². The number of hydrogen-bond acceptors (Lipinski definition) is 3. The summed E-state index contributed by atoms with van der Waals surface area (Å²) in [6.07, 6.45) is 2.06. The Kier molecular flexibility index (Phi) is 7.15. The third kappa shape index (κ3) is 5.52. The summed E-state index contributed by atoms with van der Waals surface area (Å²) in [6.45, 7) is 5.84. The van der Waals surface area contributed by atoms with Gasteiger partial charge in [-0.3, -0.25) is 0 Å². The number of rotatable bonds is 8. The third-order valence-corrected chi connectivity index (χ3v) is 5.33. The quantitative estimate of drug-likeness (QED) is 0.723. The van der Waals surface area contributed by atoms with Gasteiger partial charge in [-0.15, -0.1) is 0 Å². The molecule has 6 heteroatoms. The van der Waals surface area contributed by atoms with Crippen LogP contribution in [0.15, 0.2) is 28.7 Å². The van der Waals surface area contributed by atoms with E-state index < -0.39 is 10.0 Å². The van der Waals surface area contributed by atoms with Gasteiger partial charge in [0.1, 0.15) is 0 Å². The second kappa shape index (κ2) is 8.12. The molecule has 1 aromatic rings. The highest BCUT2D eigenvalue weighted by Gasteiger charge is 2.13. The molecule has 1 unspecified atom stereocenters. The first-order valence-electron chi connectivity index (χ1n) is 6.79. The fourth-order valence-corrected chi connectivity index (χ4v) is 3.63. The third-order valence-electron chi connectivity index (χ3n) is 3.23. The molecule has 0 amide bonds. The Hall–Kier alpha value is -0.430. The van der Waals surface area contributed by atoms with Gasteiger partial charge in [0.25, 0.3) is 0 Å². The Morgan fingerprint density at radius 1 is 1.35 bits per heavy atom. The topological polar surface area (TPSA) is 49.4 Å². The van der Waals surface area contributed by atoms with Crippen LogP contribution in [0.4, 0.5) is 0 Å². The van der Waals surface area contributed by atoms with Crippen molar-refractivity contribution in [3.8, 4) is 0 Å². The fraction of sp³-hybridized carbons (Fsp3) is 0.571. The van der Waals surface area contributed by atoms with Crippen LogP contribution in [0.2, 0.25) is 0 Å². The van der Waals surface area contributed by atoms with E-state index in [-0.39, 0.29) is 6.04 Å². The number of nitrogens with one attached hydrogen (secondary N) is 1. The van der Waals surface area contributed by atoms with Crippen LogP contribution in [0.3, 0.4) is 0 Å². The molecular weight excluding hydrogens is 340 g/mol. The summed E-state index contributed by atoms with van der Waals surface area (Å²) in [6, 6.07) is 8.35.